The Morgan fingerprint density at radius 3 is 2.58 bits per heavy atom. The molecule has 1 aromatic carbocycles. The van der Waals surface area contributed by atoms with Crippen LogP contribution in [0.25, 0.3) is 0 Å². The maximum atomic E-state index is 13.5. The van der Waals surface area contributed by atoms with E-state index in [0.717, 1.165) is 25.0 Å². The van der Waals surface area contributed by atoms with Gasteiger partial charge < -0.3 is 20.7 Å². The molecule has 1 aromatic rings. The predicted octanol–water partition coefficient (Wildman–Crippen LogP) is 2.41. The Balaban J connectivity index is 2.50. The molecule has 0 aliphatic rings. The fraction of sp³-hybridized carbons (Fsp3) is 0.529. The number of ether oxygens (including phenoxy) is 1. The number of aliphatic imine (C=N–C) groups is 1. The number of unbranched alkanes of at least 4 members (excludes halogenated alkanes) is 1. The van der Waals surface area contributed by atoms with Crippen molar-refractivity contribution in [1.82, 2.24) is 10.6 Å². The molecule has 9 heteroatoms. The van der Waals surface area contributed by atoms with Gasteiger partial charge in [0.15, 0.2) is 23.4 Å². The number of carbonyl (C=O) groups excluding carboxylic acids is 1. The highest BCUT2D eigenvalue weighted by molar-refractivity contribution is 5.94. The molecule has 1 rings (SSSR count). The summed E-state index contributed by atoms with van der Waals surface area (Å²) < 4.78 is 44.8. The molecule has 26 heavy (non-hydrogen) atoms. The lowest BCUT2D eigenvalue weighted by molar-refractivity contribution is -0.114. The van der Waals surface area contributed by atoms with Crippen LogP contribution in [0.4, 0.5) is 18.9 Å². The molecule has 1 amide bonds. The lowest BCUT2D eigenvalue weighted by atomic mass is 10.3. The van der Waals surface area contributed by atoms with E-state index in [-0.39, 0.29) is 6.54 Å². The third-order valence-electron chi connectivity index (χ3n) is 3.25. The van der Waals surface area contributed by atoms with Crippen LogP contribution in [0.1, 0.15) is 26.7 Å². The van der Waals surface area contributed by atoms with Crippen LogP contribution in [-0.2, 0) is 9.53 Å². The number of benzene rings is 1. The van der Waals surface area contributed by atoms with Gasteiger partial charge in [-0.2, -0.15) is 0 Å². The quantitative estimate of drug-likeness (QED) is 0.254. The topological polar surface area (TPSA) is 74.8 Å². The largest absolute Gasteiger partial charge is 0.382 e. The average molecular weight is 374 g/mol. The molecule has 3 N–H and O–H groups in total. The Morgan fingerprint density at radius 2 is 1.88 bits per heavy atom. The first-order chi connectivity index (χ1) is 12.5. The second-order valence-electron chi connectivity index (χ2n) is 5.30. The van der Waals surface area contributed by atoms with E-state index in [2.05, 4.69) is 20.9 Å². The number of carbonyl (C=O) groups is 1. The number of anilines is 1. The molecule has 0 atom stereocenters. The van der Waals surface area contributed by atoms with E-state index < -0.39 is 29.0 Å². The lowest BCUT2D eigenvalue weighted by Gasteiger charge is -2.11. The van der Waals surface area contributed by atoms with Crippen LogP contribution in [0.5, 0.6) is 0 Å². The Labute approximate surface area is 151 Å². The molecule has 0 saturated heterocycles. The second-order valence-corrected chi connectivity index (χ2v) is 5.30. The summed E-state index contributed by atoms with van der Waals surface area (Å²) in [6, 6.07) is 1.70. The molecular weight excluding hydrogens is 349 g/mol. The zero-order chi connectivity index (χ0) is 19.4. The number of hydrogen-bond donors (Lipinski definition) is 3. The second kappa shape index (κ2) is 12.1. The average Bonchev–Trinajstić information content (AvgIpc) is 2.63. The van der Waals surface area contributed by atoms with E-state index in [0.29, 0.717) is 32.3 Å². The van der Waals surface area contributed by atoms with Crippen LogP contribution < -0.4 is 16.0 Å². The van der Waals surface area contributed by atoms with Crippen LogP contribution in [0.2, 0.25) is 0 Å². The molecule has 0 saturated carbocycles. The minimum Gasteiger partial charge on any atom is -0.382 e. The zero-order valence-electron chi connectivity index (χ0n) is 15.0. The summed E-state index contributed by atoms with van der Waals surface area (Å²) in [6.45, 7) is 6.14. The van der Waals surface area contributed by atoms with Gasteiger partial charge in [-0.3, -0.25) is 4.79 Å². The molecule has 6 nitrogen and oxygen atoms in total. The van der Waals surface area contributed by atoms with E-state index in [4.69, 9.17) is 4.74 Å². The normalized spacial score (nSPS) is 11.3. The summed E-state index contributed by atoms with van der Waals surface area (Å²) >= 11 is 0. The smallest absolute Gasteiger partial charge is 0.246 e. The minimum atomic E-state index is -1.63. The highest BCUT2D eigenvalue weighted by Crippen LogP contribution is 2.19. The molecule has 146 valence electrons. The van der Waals surface area contributed by atoms with Crippen molar-refractivity contribution in [3.8, 4) is 0 Å². The van der Waals surface area contributed by atoms with Crippen molar-refractivity contribution < 1.29 is 22.7 Å². The standard InChI is InChI=1S/C17H25F3N4O2/c1-3-21-17(22-9-5-6-10-26-4-2)23-11-14(25)24-13-8-7-12(18)15(19)16(13)20/h7-8H,3-6,9-11H2,1-2H3,(H,24,25)(H2,21,22,23). The van der Waals surface area contributed by atoms with Gasteiger partial charge in [0.2, 0.25) is 5.91 Å². The summed E-state index contributed by atoms with van der Waals surface area (Å²) in [6.07, 6.45) is 1.77. The van der Waals surface area contributed by atoms with E-state index >= 15 is 0 Å². The summed E-state index contributed by atoms with van der Waals surface area (Å²) in [7, 11) is 0. The first-order valence-corrected chi connectivity index (χ1v) is 8.52. The fourth-order valence-electron chi connectivity index (χ4n) is 1.99. The van der Waals surface area contributed by atoms with Crippen molar-refractivity contribution >= 4 is 17.6 Å². The molecule has 0 unspecified atom stereocenters. The van der Waals surface area contributed by atoms with Gasteiger partial charge in [-0.1, -0.05) is 0 Å². The first kappa shape index (κ1) is 21.8. The Morgan fingerprint density at radius 1 is 1.12 bits per heavy atom. The molecule has 0 aliphatic carbocycles. The molecule has 0 fully saturated rings. The highest BCUT2D eigenvalue weighted by Gasteiger charge is 2.15. The molecule has 0 aromatic heterocycles. The van der Waals surface area contributed by atoms with Crippen molar-refractivity contribution in [2.24, 2.45) is 4.99 Å². The summed E-state index contributed by atoms with van der Waals surface area (Å²) in [5.74, 6) is -4.61. The Kier molecular flexibility index (Phi) is 10.1. The number of rotatable bonds is 10. The van der Waals surface area contributed by atoms with Gasteiger partial charge in [0.25, 0.3) is 0 Å². The Bertz CT molecular complexity index is 612. The molecular formula is C17H25F3N4O2. The first-order valence-electron chi connectivity index (χ1n) is 8.52. The SMILES string of the molecule is CCNC(=NCC(=O)Nc1ccc(F)c(F)c1F)NCCCCOCC. The summed E-state index contributed by atoms with van der Waals surface area (Å²) in [5.41, 5.74) is -0.432. The Hall–Kier alpha value is -2.29. The number of nitrogens with zero attached hydrogens (tertiary/aromatic N) is 1. The maximum Gasteiger partial charge on any atom is 0.246 e. The molecule has 0 heterocycles. The maximum absolute atomic E-state index is 13.5. The van der Waals surface area contributed by atoms with E-state index in [1.165, 1.54) is 0 Å². The van der Waals surface area contributed by atoms with Gasteiger partial charge in [-0.15, -0.1) is 0 Å². The van der Waals surface area contributed by atoms with Crippen LogP contribution in [0, 0.1) is 17.5 Å². The highest BCUT2D eigenvalue weighted by atomic mass is 19.2. The molecule has 0 radical (unpaired) electrons. The van der Waals surface area contributed by atoms with Gasteiger partial charge in [0.05, 0.1) is 5.69 Å². The number of halogens is 3. The monoisotopic (exact) mass is 374 g/mol. The van der Waals surface area contributed by atoms with Crippen molar-refractivity contribution in [3.63, 3.8) is 0 Å². The third kappa shape index (κ3) is 7.73. The predicted molar refractivity (Wildman–Crippen MR) is 94.7 cm³/mol. The van der Waals surface area contributed by atoms with Crippen LogP contribution in [0.15, 0.2) is 17.1 Å². The van der Waals surface area contributed by atoms with Crippen molar-refractivity contribution in [1.29, 1.82) is 0 Å². The van der Waals surface area contributed by atoms with Crippen molar-refractivity contribution in [3.05, 3.63) is 29.6 Å². The van der Waals surface area contributed by atoms with Crippen molar-refractivity contribution in [2.45, 2.75) is 26.7 Å². The van der Waals surface area contributed by atoms with Crippen LogP contribution >= 0.6 is 0 Å². The third-order valence-corrected chi connectivity index (χ3v) is 3.25. The number of amides is 1. The van der Waals surface area contributed by atoms with Crippen LogP contribution in [-0.4, -0.2) is 44.7 Å². The van der Waals surface area contributed by atoms with E-state index in [1.807, 2.05) is 13.8 Å². The van der Waals surface area contributed by atoms with Gasteiger partial charge in [-0.05, 0) is 38.8 Å². The minimum absolute atomic E-state index is 0.299. The molecule has 0 spiro atoms. The number of hydrogen-bond acceptors (Lipinski definition) is 3. The fourth-order valence-corrected chi connectivity index (χ4v) is 1.99. The molecule has 0 bridgehead atoms. The molecule has 0 aliphatic heterocycles. The summed E-state index contributed by atoms with van der Waals surface area (Å²) in [5, 5.41) is 8.21. The summed E-state index contributed by atoms with van der Waals surface area (Å²) in [4.78, 5) is 15.9. The van der Waals surface area contributed by atoms with Crippen molar-refractivity contribution in [2.75, 3.05) is 38.2 Å². The van der Waals surface area contributed by atoms with E-state index in [9.17, 15) is 18.0 Å². The van der Waals surface area contributed by atoms with E-state index in [1.54, 1.807) is 0 Å². The van der Waals surface area contributed by atoms with Gasteiger partial charge >= 0.3 is 0 Å². The van der Waals surface area contributed by atoms with Gasteiger partial charge in [0.1, 0.15) is 6.54 Å². The van der Waals surface area contributed by atoms with Crippen LogP contribution in [0.3, 0.4) is 0 Å². The zero-order valence-corrected chi connectivity index (χ0v) is 15.0. The number of guanidine groups is 1. The number of nitrogens with one attached hydrogen (secondary N) is 3. The lowest BCUT2D eigenvalue weighted by Crippen LogP contribution is -2.38. The van der Waals surface area contributed by atoms with Gasteiger partial charge in [-0.25, -0.2) is 18.2 Å². The van der Waals surface area contributed by atoms with Gasteiger partial charge in [0, 0.05) is 26.3 Å².